The first-order valence-corrected chi connectivity index (χ1v) is 8.73. The summed E-state index contributed by atoms with van der Waals surface area (Å²) in [4.78, 5) is 11.4. The summed E-state index contributed by atoms with van der Waals surface area (Å²) >= 11 is 0. The van der Waals surface area contributed by atoms with Crippen LogP contribution in [0.15, 0.2) is 30.5 Å². The zero-order valence-corrected chi connectivity index (χ0v) is 16.0. The number of aliphatic carboxylic acids is 1. The van der Waals surface area contributed by atoms with E-state index in [2.05, 4.69) is 41.2 Å². The van der Waals surface area contributed by atoms with Crippen LogP contribution in [0.25, 0.3) is 0 Å². The number of aromatic nitrogens is 2. The molecule has 28 heavy (non-hydrogen) atoms. The number of carboxylic acids is 1. The second-order valence-electron chi connectivity index (χ2n) is 6.66. The molecule has 6 nitrogen and oxygen atoms in total. The molecule has 1 aromatic carbocycles. The molecule has 1 aliphatic rings. The van der Waals surface area contributed by atoms with Crippen LogP contribution >= 0.6 is 0 Å². The molecule has 2 heterocycles. The maximum absolute atomic E-state index is 10.6. The molecule has 3 rings (SSSR count). The van der Waals surface area contributed by atoms with Crippen molar-refractivity contribution in [3.05, 3.63) is 52.8 Å². The zero-order chi connectivity index (χ0) is 20.9. The van der Waals surface area contributed by atoms with E-state index < -0.39 is 12.1 Å². The molecule has 0 spiro atoms. The molecule has 1 N–H and O–H groups in total. The molecule has 9 heteroatoms. The van der Waals surface area contributed by atoms with Crippen LogP contribution in [-0.4, -0.2) is 52.2 Å². The van der Waals surface area contributed by atoms with Gasteiger partial charge in [0.2, 0.25) is 0 Å². The summed E-state index contributed by atoms with van der Waals surface area (Å²) in [5, 5.41) is 11.5. The van der Waals surface area contributed by atoms with Crippen molar-refractivity contribution in [1.82, 2.24) is 14.7 Å². The molecule has 0 aliphatic carbocycles. The molecular weight excluding hydrogens is 375 g/mol. The van der Waals surface area contributed by atoms with E-state index in [1.165, 1.54) is 22.4 Å². The number of hydrogen-bond acceptors (Lipinski definition) is 4. The minimum Gasteiger partial charge on any atom is -0.475 e. The number of aryl methyl sites for hydroxylation is 2. The average Bonchev–Trinajstić information content (AvgIpc) is 3.00. The number of carbonyl (C=O) groups is 1. The number of carboxylic acid groups (broad SMARTS) is 1. The Morgan fingerprint density at radius 2 is 1.93 bits per heavy atom. The third kappa shape index (κ3) is 5.56. The number of methoxy groups -OCH3 is 1. The summed E-state index contributed by atoms with van der Waals surface area (Å²) in [7, 11) is 3.80. The minimum atomic E-state index is -5.08. The molecule has 0 saturated carbocycles. The molecule has 0 fully saturated rings. The number of rotatable bonds is 4. The summed E-state index contributed by atoms with van der Waals surface area (Å²) in [6, 6.07) is 9.09. The molecule has 0 saturated heterocycles. The maximum atomic E-state index is 10.6. The largest absolute Gasteiger partial charge is 0.490 e. The molecular formula is C19H24F3N3O3. The van der Waals surface area contributed by atoms with Gasteiger partial charge in [0.25, 0.3) is 0 Å². The van der Waals surface area contributed by atoms with Gasteiger partial charge in [-0.05, 0) is 24.5 Å². The lowest BCUT2D eigenvalue weighted by molar-refractivity contribution is -0.192. The third-order valence-electron chi connectivity index (χ3n) is 4.56. The zero-order valence-electron chi connectivity index (χ0n) is 16.0. The standard InChI is InChI=1S/C17H23N3O.C2HF3O2/c1-13-4-6-14(7-5-13)11-20-9-8-15-10-18-19(2)17(15)16(20)12-21-3;3-2(4,5)1(6)7/h4-7,10,16H,8-9,11-12H2,1-3H3;(H,6,7). The molecule has 154 valence electrons. The third-order valence-corrected chi connectivity index (χ3v) is 4.56. The van der Waals surface area contributed by atoms with E-state index >= 15 is 0 Å². The highest BCUT2D eigenvalue weighted by Gasteiger charge is 2.38. The van der Waals surface area contributed by atoms with Crippen molar-refractivity contribution < 1.29 is 27.8 Å². The SMILES string of the molecule is COCC1c2c(cnn2C)CCN1Cc1ccc(C)cc1.O=C(O)C(F)(F)F. The highest BCUT2D eigenvalue weighted by molar-refractivity contribution is 5.73. The number of halogens is 3. The molecule has 1 aromatic heterocycles. The van der Waals surface area contributed by atoms with Gasteiger partial charge < -0.3 is 9.84 Å². The van der Waals surface area contributed by atoms with Crippen LogP contribution in [0, 0.1) is 6.92 Å². The van der Waals surface area contributed by atoms with Crippen molar-refractivity contribution in [2.24, 2.45) is 7.05 Å². The molecule has 0 radical (unpaired) electrons. The molecule has 0 bridgehead atoms. The first-order valence-electron chi connectivity index (χ1n) is 8.73. The smallest absolute Gasteiger partial charge is 0.475 e. The van der Waals surface area contributed by atoms with Crippen LogP contribution in [0.1, 0.15) is 28.4 Å². The van der Waals surface area contributed by atoms with Crippen LogP contribution in [0.4, 0.5) is 13.2 Å². The lowest BCUT2D eigenvalue weighted by Gasteiger charge is -2.35. The monoisotopic (exact) mass is 399 g/mol. The number of ether oxygens (including phenoxy) is 1. The Labute approximate surface area is 161 Å². The van der Waals surface area contributed by atoms with E-state index in [-0.39, 0.29) is 6.04 Å². The second-order valence-corrected chi connectivity index (χ2v) is 6.66. The van der Waals surface area contributed by atoms with E-state index in [4.69, 9.17) is 14.6 Å². The van der Waals surface area contributed by atoms with E-state index in [1.807, 2.05) is 17.9 Å². The number of fused-ring (bicyclic) bond motifs is 1. The fraction of sp³-hybridized carbons (Fsp3) is 0.474. The maximum Gasteiger partial charge on any atom is 0.490 e. The number of benzene rings is 1. The summed E-state index contributed by atoms with van der Waals surface area (Å²) in [5.41, 5.74) is 5.32. The predicted molar refractivity (Wildman–Crippen MR) is 96.8 cm³/mol. The van der Waals surface area contributed by atoms with Crippen molar-refractivity contribution >= 4 is 5.97 Å². The highest BCUT2D eigenvalue weighted by atomic mass is 19.4. The second kappa shape index (κ2) is 9.20. The first kappa shape index (κ1) is 21.9. The van der Waals surface area contributed by atoms with Crippen LogP contribution in [0.2, 0.25) is 0 Å². The van der Waals surface area contributed by atoms with Gasteiger partial charge >= 0.3 is 12.1 Å². The fourth-order valence-corrected chi connectivity index (χ4v) is 3.17. The van der Waals surface area contributed by atoms with Gasteiger partial charge in [0.05, 0.1) is 24.5 Å². The van der Waals surface area contributed by atoms with Crippen molar-refractivity contribution in [3.63, 3.8) is 0 Å². The summed E-state index contributed by atoms with van der Waals surface area (Å²) in [5.74, 6) is -2.76. The fourth-order valence-electron chi connectivity index (χ4n) is 3.17. The van der Waals surface area contributed by atoms with Crippen LogP contribution in [-0.2, 0) is 29.5 Å². The Balaban J connectivity index is 0.000000345. The van der Waals surface area contributed by atoms with E-state index in [0.717, 1.165) is 19.5 Å². The average molecular weight is 399 g/mol. The van der Waals surface area contributed by atoms with Crippen molar-refractivity contribution in [2.75, 3.05) is 20.3 Å². The Morgan fingerprint density at radius 1 is 1.32 bits per heavy atom. The number of nitrogens with zero attached hydrogens (tertiary/aromatic N) is 3. The van der Waals surface area contributed by atoms with E-state index in [1.54, 1.807) is 7.11 Å². The predicted octanol–water partition coefficient (Wildman–Crippen LogP) is 3.11. The Bertz CT molecular complexity index is 788. The van der Waals surface area contributed by atoms with Crippen molar-refractivity contribution in [2.45, 2.75) is 32.1 Å². The van der Waals surface area contributed by atoms with Gasteiger partial charge in [-0.3, -0.25) is 9.58 Å². The van der Waals surface area contributed by atoms with Gasteiger partial charge in [-0.1, -0.05) is 29.8 Å². The van der Waals surface area contributed by atoms with Gasteiger partial charge in [0.1, 0.15) is 0 Å². The highest BCUT2D eigenvalue weighted by Crippen LogP contribution is 2.30. The molecule has 2 aromatic rings. The summed E-state index contributed by atoms with van der Waals surface area (Å²) < 4.78 is 39.2. The minimum absolute atomic E-state index is 0.285. The molecule has 0 amide bonds. The first-order chi connectivity index (χ1) is 13.1. The lowest BCUT2D eigenvalue weighted by Crippen LogP contribution is -2.38. The number of hydrogen-bond donors (Lipinski definition) is 1. The summed E-state index contributed by atoms with van der Waals surface area (Å²) in [6.07, 6.45) is -2.02. The lowest BCUT2D eigenvalue weighted by atomic mass is 9.99. The molecule has 1 atom stereocenters. The Morgan fingerprint density at radius 3 is 2.46 bits per heavy atom. The van der Waals surface area contributed by atoms with Crippen molar-refractivity contribution in [3.8, 4) is 0 Å². The quantitative estimate of drug-likeness (QED) is 0.856. The Hall–Kier alpha value is -2.39. The van der Waals surface area contributed by atoms with Gasteiger partial charge in [-0.2, -0.15) is 18.3 Å². The van der Waals surface area contributed by atoms with E-state index in [9.17, 15) is 13.2 Å². The van der Waals surface area contributed by atoms with Crippen molar-refractivity contribution in [1.29, 1.82) is 0 Å². The van der Waals surface area contributed by atoms with Crippen LogP contribution in [0.5, 0.6) is 0 Å². The molecule has 1 aliphatic heterocycles. The van der Waals surface area contributed by atoms with Gasteiger partial charge in [0, 0.05) is 27.2 Å². The van der Waals surface area contributed by atoms with Gasteiger partial charge in [-0.15, -0.1) is 0 Å². The van der Waals surface area contributed by atoms with Crippen LogP contribution < -0.4 is 0 Å². The topological polar surface area (TPSA) is 67.6 Å². The molecule has 1 unspecified atom stereocenters. The normalized spacial score (nSPS) is 16.9. The van der Waals surface area contributed by atoms with Gasteiger partial charge in [0.15, 0.2) is 0 Å². The Kier molecular flexibility index (Phi) is 7.20. The van der Waals surface area contributed by atoms with E-state index in [0.29, 0.717) is 6.61 Å². The summed E-state index contributed by atoms with van der Waals surface area (Å²) in [6.45, 7) is 4.85. The number of alkyl halides is 3. The van der Waals surface area contributed by atoms with Gasteiger partial charge in [-0.25, -0.2) is 4.79 Å². The van der Waals surface area contributed by atoms with Crippen LogP contribution in [0.3, 0.4) is 0 Å².